The van der Waals surface area contributed by atoms with Gasteiger partial charge in [0.15, 0.2) is 12.9 Å². The Bertz CT molecular complexity index is 745. The first-order valence-electron chi connectivity index (χ1n) is 6.43. The number of benzene rings is 1. The van der Waals surface area contributed by atoms with Crippen molar-refractivity contribution in [2.45, 2.75) is 13.1 Å². The second-order valence-electron chi connectivity index (χ2n) is 4.79. The minimum absolute atomic E-state index is 0.112. The van der Waals surface area contributed by atoms with Crippen molar-refractivity contribution in [3.05, 3.63) is 41.2 Å². The molecule has 2 aromatic rings. The van der Waals surface area contributed by atoms with Gasteiger partial charge in [0, 0.05) is 5.56 Å². The fourth-order valence-corrected chi connectivity index (χ4v) is 1.84. The number of hydrogen-bond donors (Lipinski definition) is 1. The number of anilines is 1. The number of halogens is 4. The maximum Gasteiger partial charge on any atom is 0.422 e. The molecule has 0 spiro atoms. The molecule has 122 valence electrons. The van der Waals surface area contributed by atoms with Gasteiger partial charge in [0.1, 0.15) is 17.4 Å². The van der Waals surface area contributed by atoms with Crippen LogP contribution in [0.15, 0.2) is 24.3 Å². The van der Waals surface area contributed by atoms with Gasteiger partial charge in [-0.05, 0) is 30.7 Å². The van der Waals surface area contributed by atoms with Crippen LogP contribution in [0.1, 0.15) is 15.9 Å². The maximum atomic E-state index is 14.1. The Balaban J connectivity index is 2.47. The molecule has 0 bridgehead atoms. The molecule has 2 N–H and O–H groups in total. The van der Waals surface area contributed by atoms with Crippen molar-refractivity contribution >= 4 is 12.1 Å². The van der Waals surface area contributed by atoms with E-state index in [1.807, 2.05) is 0 Å². The Morgan fingerprint density at radius 1 is 1.30 bits per heavy atom. The summed E-state index contributed by atoms with van der Waals surface area (Å²) in [6, 6.07) is 4.87. The molecule has 1 heterocycles. The lowest BCUT2D eigenvalue weighted by Crippen LogP contribution is -2.19. The summed E-state index contributed by atoms with van der Waals surface area (Å²) in [6.07, 6.45) is -4.36. The van der Waals surface area contributed by atoms with Crippen LogP contribution < -0.4 is 10.5 Å². The molecule has 0 aliphatic heterocycles. The summed E-state index contributed by atoms with van der Waals surface area (Å²) in [5.41, 5.74) is 6.01. The summed E-state index contributed by atoms with van der Waals surface area (Å²) >= 11 is 0. The van der Waals surface area contributed by atoms with Crippen LogP contribution in [0.4, 0.5) is 23.4 Å². The Kier molecular flexibility index (Phi) is 4.53. The van der Waals surface area contributed by atoms with E-state index in [-0.39, 0.29) is 34.7 Å². The summed E-state index contributed by atoms with van der Waals surface area (Å²) in [5.74, 6) is -1.03. The van der Waals surface area contributed by atoms with Crippen molar-refractivity contribution in [1.82, 2.24) is 4.98 Å². The summed E-state index contributed by atoms with van der Waals surface area (Å²) in [7, 11) is 0. The highest BCUT2D eigenvalue weighted by molar-refractivity contribution is 5.82. The quantitative estimate of drug-likeness (QED) is 0.689. The molecule has 0 aliphatic rings. The highest BCUT2D eigenvalue weighted by atomic mass is 19.4. The lowest BCUT2D eigenvalue weighted by atomic mass is 10.1. The lowest BCUT2D eigenvalue weighted by Gasteiger charge is -2.13. The SMILES string of the molecule is Cc1ccc(-c2cc(OCC(F)(F)F)c(C=O)cc2F)nc1N. The number of rotatable bonds is 4. The molecule has 0 unspecified atom stereocenters. The topological polar surface area (TPSA) is 65.2 Å². The molecule has 0 atom stereocenters. The van der Waals surface area contributed by atoms with Crippen molar-refractivity contribution < 1.29 is 27.1 Å². The number of carbonyl (C=O) groups excluding carboxylic acids is 1. The molecular formula is C15H12F4N2O2. The Hall–Kier alpha value is -2.64. The molecule has 0 saturated heterocycles. The number of nitrogens with zero attached hydrogens (tertiary/aromatic N) is 1. The van der Waals surface area contributed by atoms with Crippen LogP contribution in [0.3, 0.4) is 0 Å². The van der Waals surface area contributed by atoms with Crippen molar-refractivity contribution in [3.8, 4) is 17.0 Å². The van der Waals surface area contributed by atoms with E-state index in [1.54, 1.807) is 13.0 Å². The van der Waals surface area contributed by atoms with Crippen LogP contribution >= 0.6 is 0 Å². The normalized spacial score (nSPS) is 11.3. The molecule has 8 heteroatoms. The predicted molar refractivity (Wildman–Crippen MR) is 75.7 cm³/mol. The van der Waals surface area contributed by atoms with Gasteiger partial charge in [0.25, 0.3) is 0 Å². The van der Waals surface area contributed by atoms with Gasteiger partial charge in [-0.25, -0.2) is 9.37 Å². The molecule has 0 fully saturated rings. The van der Waals surface area contributed by atoms with Gasteiger partial charge >= 0.3 is 6.18 Å². The molecule has 1 aromatic carbocycles. The Morgan fingerprint density at radius 3 is 2.57 bits per heavy atom. The number of nitrogen functional groups attached to an aromatic ring is 1. The summed E-state index contributed by atoms with van der Waals surface area (Å²) in [5, 5.41) is 0. The molecule has 23 heavy (non-hydrogen) atoms. The van der Waals surface area contributed by atoms with Crippen LogP contribution in [0.2, 0.25) is 0 Å². The molecule has 1 aromatic heterocycles. The number of ether oxygens (including phenoxy) is 1. The Labute approximate surface area is 128 Å². The van der Waals surface area contributed by atoms with Gasteiger partial charge < -0.3 is 10.5 Å². The first-order chi connectivity index (χ1) is 10.7. The van der Waals surface area contributed by atoms with E-state index in [0.717, 1.165) is 12.1 Å². The molecule has 0 saturated carbocycles. The van der Waals surface area contributed by atoms with Gasteiger partial charge in [0.05, 0.1) is 11.3 Å². The zero-order chi connectivity index (χ0) is 17.2. The second-order valence-corrected chi connectivity index (χ2v) is 4.79. The minimum atomic E-state index is -4.58. The van der Waals surface area contributed by atoms with Crippen LogP contribution in [0, 0.1) is 12.7 Å². The van der Waals surface area contributed by atoms with Crippen molar-refractivity contribution in [2.75, 3.05) is 12.3 Å². The zero-order valence-corrected chi connectivity index (χ0v) is 11.9. The lowest BCUT2D eigenvalue weighted by molar-refractivity contribution is -0.153. The van der Waals surface area contributed by atoms with Gasteiger partial charge in [-0.2, -0.15) is 13.2 Å². The number of aryl methyl sites for hydroxylation is 1. The summed E-state index contributed by atoms with van der Waals surface area (Å²) in [6.45, 7) is 0.109. The standard InChI is InChI=1S/C15H12F4N2O2/c1-8-2-3-12(21-14(8)20)10-5-13(23-7-15(17,18)19)9(6-22)4-11(10)16/h2-6H,7H2,1H3,(H2,20,21). The molecular weight excluding hydrogens is 316 g/mol. The van der Waals surface area contributed by atoms with Gasteiger partial charge in [-0.1, -0.05) is 6.07 Å². The summed E-state index contributed by atoms with van der Waals surface area (Å²) in [4.78, 5) is 14.9. The fourth-order valence-electron chi connectivity index (χ4n) is 1.84. The van der Waals surface area contributed by atoms with Crippen molar-refractivity contribution in [3.63, 3.8) is 0 Å². The van der Waals surface area contributed by atoms with E-state index in [2.05, 4.69) is 9.72 Å². The van der Waals surface area contributed by atoms with Crippen molar-refractivity contribution in [2.24, 2.45) is 0 Å². The largest absolute Gasteiger partial charge is 0.483 e. The first-order valence-corrected chi connectivity index (χ1v) is 6.43. The van der Waals surface area contributed by atoms with Crippen LogP contribution in [0.25, 0.3) is 11.3 Å². The third-order valence-electron chi connectivity index (χ3n) is 3.03. The highest BCUT2D eigenvalue weighted by Crippen LogP contribution is 2.30. The number of aldehydes is 1. The van der Waals surface area contributed by atoms with E-state index in [4.69, 9.17) is 5.73 Å². The van der Waals surface area contributed by atoms with E-state index < -0.39 is 18.6 Å². The third kappa shape index (κ3) is 3.97. The number of hydrogen-bond acceptors (Lipinski definition) is 4. The molecule has 2 rings (SSSR count). The van der Waals surface area contributed by atoms with Crippen LogP contribution in [-0.4, -0.2) is 24.1 Å². The van der Waals surface area contributed by atoms with E-state index in [1.165, 1.54) is 6.07 Å². The van der Waals surface area contributed by atoms with E-state index in [9.17, 15) is 22.4 Å². The third-order valence-corrected chi connectivity index (χ3v) is 3.03. The number of aromatic nitrogens is 1. The van der Waals surface area contributed by atoms with E-state index in [0.29, 0.717) is 5.56 Å². The van der Waals surface area contributed by atoms with Crippen LogP contribution in [0.5, 0.6) is 5.75 Å². The average Bonchev–Trinajstić information content (AvgIpc) is 2.47. The smallest absolute Gasteiger partial charge is 0.422 e. The molecule has 0 aliphatic carbocycles. The monoisotopic (exact) mass is 328 g/mol. The second kappa shape index (κ2) is 6.23. The number of pyridine rings is 1. The number of nitrogens with two attached hydrogens (primary N) is 1. The van der Waals surface area contributed by atoms with E-state index >= 15 is 0 Å². The zero-order valence-electron chi connectivity index (χ0n) is 11.9. The average molecular weight is 328 g/mol. The van der Waals surface area contributed by atoms with Crippen molar-refractivity contribution in [1.29, 1.82) is 0 Å². The van der Waals surface area contributed by atoms with Crippen LogP contribution in [-0.2, 0) is 0 Å². The summed E-state index contributed by atoms with van der Waals surface area (Å²) < 4.78 is 55.5. The molecule has 4 nitrogen and oxygen atoms in total. The predicted octanol–water partition coefficient (Wildman–Crippen LogP) is 3.53. The number of carbonyl (C=O) groups is 1. The maximum absolute atomic E-state index is 14.1. The highest BCUT2D eigenvalue weighted by Gasteiger charge is 2.29. The van der Waals surface area contributed by atoms with Gasteiger partial charge in [0.2, 0.25) is 0 Å². The van der Waals surface area contributed by atoms with Gasteiger partial charge in [-0.15, -0.1) is 0 Å². The molecule has 0 radical (unpaired) electrons. The first kappa shape index (κ1) is 16.7. The number of alkyl halides is 3. The molecule has 0 amide bonds. The minimum Gasteiger partial charge on any atom is -0.483 e. The Morgan fingerprint density at radius 2 is 2.00 bits per heavy atom. The fraction of sp³-hybridized carbons (Fsp3) is 0.200. The van der Waals surface area contributed by atoms with Gasteiger partial charge in [-0.3, -0.25) is 4.79 Å².